The van der Waals surface area contributed by atoms with E-state index in [-0.39, 0.29) is 43.7 Å². The molecule has 10 heteroatoms. The van der Waals surface area contributed by atoms with E-state index in [4.69, 9.17) is 28.4 Å². The molecule has 0 saturated carbocycles. The lowest BCUT2D eigenvalue weighted by Crippen LogP contribution is -2.62. The third-order valence-electron chi connectivity index (χ3n) is 9.03. The first kappa shape index (κ1) is 38.9. The van der Waals surface area contributed by atoms with Crippen LogP contribution in [-0.2, 0) is 58.1 Å². The van der Waals surface area contributed by atoms with Crippen molar-refractivity contribution in [3.05, 3.63) is 156 Å². The van der Waals surface area contributed by atoms with E-state index in [9.17, 15) is 13.2 Å². The van der Waals surface area contributed by atoms with Crippen LogP contribution in [0.5, 0.6) is 5.75 Å². The average molecular weight is 751 g/mol. The molecular weight excluding hydrogens is 705 g/mol. The van der Waals surface area contributed by atoms with Crippen LogP contribution < -0.4 is 4.74 Å². The molecule has 1 fully saturated rings. The number of esters is 1. The van der Waals surface area contributed by atoms with Crippen molar-refractivity contribution in [3.63, 3.8) is 0 Å². The lowest BCUT2D eigenvalue weighted by molar-refractivity contribution is -0.308. The van der Waals surface area contributed by atoms with Crippen molar-refractivity contribution in [1.29, 1.82) is 0 Å². The Morgan fingerprint density at radius 2 is 1.07 bits per heavy atom. The van der Waals surface area contributed by atoms with Gasteiger partial charge in [0.15, 0.2) is 9.84 Å². The van der Waals surface area contributed by atoms with E-state index in [0.29, 0.717) is 12.2 Å². The largest absolute Gasteiger partial charge is 0.463 e. The molecule has 6 rings (SSSR count). The lowest BCUT2D eigenvalue weighted by Gasteiger charge is -2.45. The molecule has 5 aromatic carbocycles. The van der Waals surface area contributed by atoms with E-state index in [2.05, 4.69) is 0 Å². The van der Waals surface area contributed by atoms with Crippen LogP contribution in [-0.4, -0.2) is 58.0 Å². The van der Waals surface area contributed by atoms with Gasteiger partial charge in [0.2, 0.25) is 6.29 Å². The molecule has 0 aliphatic carbocycles. The molecule has 282 valence electrons. The maximum Gasteiger partial charge on any atom is 0.305 e. The summed E-state index contributed by atoms with van der Waals surface area (Å²) in [7, 11) is -3.31. The summed E-state index contributed by atoms with van der Waals surface area (Å²) in [6, 6.07) is 43.7. The molecule has 0 amide bonds. The van der Waals surface area contributed by atoms with Crippen LogP contribution in [0.3, 0.4) is 0 Å². The summed E-state index contributed by atoms with van der Waals surface area (Å²) in [4.78, 5) is 12.9. The van der Waals surface area contributed by atoms with Crippen molar-refractivity contribution in [2.24, 2.45) is 0 Å². The number of benzene rings is 5. The van der Waals surface area contributed by atoms with E-state index in [0.717, 1.165) is 27.8 Å². The first-order valence-electron chi connectivity index (χ1n) is 18.1. The standard InChI is InChI=1S/C44H46O9S/c1-3-13-40(45)48-31-39-41(49-28-32-14-7-4-8-15-32)42(50-29-33-16-9-5-10-17-33)43(51-30-34-18-11-6-12-19-34)44(53-39)52-37-24-20-35(21-25-37)36-22-26-38(27-23-36)54(2,46)47/h4-12,14-27,39,41-44H,3,13,28-31H2,1-2H3/t39-,41-,42+,43+,44+/m1/s1. The molecular formula is C44H46O9S. The van der Waals surface area contributed by atoms with Crippen LogP contribution in [0.1, 0.15) is 36.5 Å². The molecule has 1 aliphatic rings. The molecule has 1 saturated heterocycles. The number of carbonyl (C=O) groups is 1. The number of hydrogen-bond donors (Lipinski definition) is 0. The van der Waals surface area contributed by atoms with E-state index in [1.807, 2.05) is 122 Å². The summed E-state index contributed by atoms with van der Waals surface area (Å²) in [5.74, 6) is 0.182. The fourth-order valence-electron chi connectivity index (χ4n) is 6.18. The van der Waals surface area contributed by atoms with Crippen LogP contribution in [0.15, 0.2) is 144 Å². The van der Waals surface area contributed by atoms with E-state index < -0.39 is 40.5 Å². The molecule has 1 heterocycles. The Labute approximate surface area is 317 Å². The molecule has 54 heavy (non-hydrogen) atoms. The van der Waals surface area contributed by atoms with Gasteiger partial charge in [0, 0.05) is 12.7 Å². The van der Waals surface area contributed by atoms with Crippen molar-refractivity contribution < 1.29 is 41.6 Å². The summed E-state index contributed by atoms with van der Waals surface area (Å²) in [6.45, 7) is 2.64. The Morgan fingerprint density at radius 3 is 1.56 bits per heavy atom. The van der Waals surface area contributed by atoms with Crippen molar-refractivity contribution in [2.45, 2.75) is 75.2 Å². The quantitative estimate of drug-likeness (QED) is 0.0876. The van der Waals surface area contributed by atoms with Gasteiger partial charge in [0.1, 0.15) is 36.8 Å². The molecule has 1 aliphatic heterocycles. The highest BCUT2D eigenvalue weighted by Crippen LogP contribution is 2.33. The topological polar surface area (TPSA) is 107 Å². The van der Waals surface area contributed by atoms with Gasteiger partial charge in [-0.1, -0.05) is 122 Å². The van der Waals surface area contributed by atoms with Crippen LogP contribution in [0.4, 0.5) is 0 Å². The number of ether oxygens (including phenoxy) is 6. The smallest absolute Gasteiger partial charge is 0.305 e. The van der Waals surface area contributed by atoms with E-state index >= 15 is 0 Å². The van der Waals surface area contributed by atoms with Crippen LogP contribution in [0, 0.1) is 0 Å². The van der Waals surface area contributed by atoms with Crippen LogP contribution >= 0.6 is 0 Å². The van der Waals surface area contributed by atoms with E-state index in [1.165, 1.54) is 6.26 Å². The predicted molar refractivity (Wildman–Crippen MR) is 205 cm³/mol. The first-order chi connectivity index (χ1) is 26.3. The number of sulfone groups is 1. The first-order valence-corrected chi connectivity index (χ1v) is 20.0. The van der Waals surface area contributed by atoms with Gasteiger partial charge in [0.25, 0.3) is 0 Å². The predicted octanol–water partition coefficient (Wildman–Crippen LogP) is 7.96. The number of rotatable bonds is 17. The molecule has 9 nitrogen and oxygen atoms in total. The maximum atomic E-state index is 12.6. The Bertz CT molecular complexity index is 1990. The second-order valence-electron chi connectivity index (χ2n) is 13.2. The summed E-state index contributed by atoms with van der Waals surface area (Å²) in [6.07, 6.45) is -1.82. The summed E-state index contributed by atoms with van der Waals surface area (Å²) >= 11 is 0. The highest BCUT2D eigenvalue weighted by Gasteiger charge is 2.50. The van der Waals surface area contributed by atoms with Crippen molar-refractivity contribution in [3.8, 4) is 16.9 Å². The fourth-order valence-corrected chi connectivity index (χ4v) is 6.81. The van der Waals surface area contributed by atoms with Crippen molar-refractivity contribution in [2.75, 3.05) is 12.9 Å². The Balaban J connectivity index is 1.32. The highest BCUT2D eigenvalue weighted by atomic mass is 32.2. The Kier molecular flexibility index (Phi) is 13.6. The monoisotopic (exact) mass is 750 g/mol. The molecule has 0 unspecified atom stereocenters. The third-order valence-corrected chi connectivity index (χ3v) is 10.2. The molecule has 5 aromatic rings. The summed E-state index contributed by atoms with van der Waals surface area (Å²) in [5, 5.41) is 0. The Morgan fingerprint density at radius 1 is 0.611 bits per heavy atom. The van der Waals surface area contributed by atoms with Gasteiger partial charge in [-0.2, -0.15) is 0 Å². The molecule has 0 radical (unpaired) electrons. The van der Waals surface area contributed by atoms with Crippen LogP contribution in [0.2, 0.25) is 0 Å². The van der Waals surface area contributed by atoms with Gasteiger partial charge in [0.05, 0.1) is 24.7 Å². The summed E-state index contributed by atoms with van der Waals surface area (Å²) in [5.41, 5.74) is 4.63. The zero-order chi connectivity index (χ0) is 37.8. The van der Waals surface area contributed by atoms with Gasteiger partial charge >= 0.3 is 5.97 Å². The molecule has 5 atom stereocenters. The lowest BCUT2D eigenvalue weighted by atomic mass is 9.97. The van der Waals surface area contributed by atoms with Gasteiger partial charge in [-0.3, -0.25) is 4.79 Å². The van der Waals surface area contributed by atoms with Gasteiger partial charge < -0.3 is 28.4 Å². The highest BCUT2D eigenvalue weighted by molar-refractivity contribution is 7.90. The minimum atomic E-state index is -3.31. The fraction of sp³-hybridized carbons (Fsp3) is 0.295. The van der Waals surface area contributed by atoms with Gasteiger partial charge in [-0.25, -0.2) is 8.42 Å². The Hall–Kier alpha value is -4.84. The molecule has 0 bridgehead atoms. The van der Waals surface area contributed by atoms with Gasteiger partial charge in [-0.15, -0.1) is 0 Å². The molecule has 0 aromatic heterocycles. The van der Waals surface area contributed by atoms with Crippen molar-refractivity contribution >= 4 is 15.8 Å². The average Bonchev–Trinajstić information content (AvgIpc) is 3.19. The summed E-state index contributed by atoms with van der Waals surface area (Å²) < 4.78 is 63.0. The zero-order valence-electron chi connectivity index (χ0n) is 30.5. The van der Waals surface area contributed by atoms with Crippen LogP contribution in [0.25, 0.3) is 11.1 Å². The number of hydrogen-bond acceptors (Lipinski definition) is 9. The molecule has 0 N–H and O–H groups in total. The minimum absolute atomic E-state index is 0.0723. The normalized spacial score (nSPS) is 19.9. The maximum absolute atomic E-state index is 12.6. The minimum Gasteiger partial charge on any atom is -0.463 e. The van der Waals surface area contributed by atoms with Crippen molar-refractivity contribution in [1.82, 2.24) is 0 Å². The second-order valence-corrected chi connectivity index (χ2v) is 15.2. The second kappa shape index (κ2) is 19.0. The zero-order valence-corrected chi connectivity index (χ0v) is 31.3. The number of carbonyl (C=O) groups excluding carboxylic acids is 1. The molecule has 0 spiro atoms. The van der Waals surface area contributed by atoms with E-state index in [1.54, 1.807) is 24.3 Å². The van der Waals surface area contributed by atoms with Gasteiger partial charge in [-0.05, 0) is 58.5 Å². The SMILES string of the molecule is CCCC(=O)OC[C@H]1O[C@H](Oc2ccc(-c3ccc(S(C)(=O)=O)cc3)cc2)[C@@H](OCc2ccccc2)[C@@H](OCc2ccccc2)[C@@H]1OCc1ccccc1. The third kappa shape index (κ3) is 10.9.